The van der Waals surface area contributed by atoms with Gasteiger partial charge in [0.1, 0.15) is 0 Å². The molecule has 0 aliphatic heterocycles. The topological polar surface area (TPSA) is 12.4 Å². The summed E-state index contributed by atoms with van der Waals surface area (Å²) in [7, 11) is 0. The van der Waals surface area contributed by atoms with Crippen LogP contribution in [0.25, 0.3) is 0 Å². The fraction of sp³-hybridized carbons (Fsp3) is 0.357. The van der Waals surface area contributed by atoms with E-state index in [1.165, 1.54) is 5.57 Å². The minimum absolute atomic E-state index is 0.105. The summed E-state index contributed by atoms with van der Waals surface area (Å²) in [5.41, 5.74) is 3.34. The molecule has 0 spiro atoms. The molecule has 1 aliphatic rings. The molecule has 0 unspecified atom stereocenters. The van der Waals surface area contributed by atoms with Crippen LogP contribution in [0, 0.1) is 5.41 Å². The standard InChI is InChI=1S/C14H19N/c1-6-10-15-13-11(2)8-7-9-12(13)14(3,4)5/h6-10H,2H2,1,3-5H3/b10-6-,15-13+. The van der Waals surface area contributed by atoms with Gasteiger partial charge in [0, 0.05) is 6.20 Å². The fourth-order valence-corrected chi connectivity index (χ4v) is 1.50. The van der Waals surface area contributed by atoms with Crippen molar-refractivity contribution in [2.24, 2.45) is 10.4 Å². The Balaban J connectivity index is 3.17. The van der Waals surface area contributed by atoms with E-state index in [0.29, 0.717) is 0 Å². The SMILES string of the molecule is C=C1C=CC=C(C(C)(C)C)/C1=N/C=C\C. The molecule has 0 aromatic carbocycles. The van der Waals surface area contributed by atoms with E-state index in [0.717, 1.165) is 11.3 Å². The van der Waals surface area contributed by atoms with Crippen molar-refractivity contribution in [3.63, 3.8) is 0 Å². The van der Waals surface area contributed by atoms with E-state index in [1.54, 1.807) is 0 Å². The maximum absolute atomic E-state index is 4.45. The Hall–Kier alpha value is -1.37. The highest BCUT2D eigenvalue weighted by molar-refractivity contribution is 6.15. The van der Waals surface area contributed by atoms with Gasteiger partial charge in [0.05, 0.1) is 5.71 Å². The summed E-state index contributed by atoms with van der Waals surface area (Å²) in [4.78, 5) is 4.45. The number of rotatable bonds is 1. The summed E-state index contributed by atoms with van der Waals surface area (Å²) in [6, 6.07) is 0. The first-order valence-corrected chi connectivity index (χ1v) is 5.24. The Kier molecular flexibility index (Phi) is 3.46. The second-order valence-electron chi connectivity index (χ2n) is 4.67. The molecular weight excluding hydrogens is 182 g/mol. The molecule has 1 nitrogen and oxygen atoms in total. The Labute approximate surface area is 92.6 Å². The van der Waals surface area contributed by atoms with Crippen LogP contribution >= 0.6 is 0 Å². The van der Waals surface area contributed by atoms with Crippen LogP contribution in [0.4, 0.5) is 0 Å². The average Bonchev–Trinajstić information content (AvgIpc) is 2.14. The molecule has 1 heteroatoms. The highest BCUT2D eigenvalue weighted by Crippen LogP contribution is 2.31. The smallest absolute Gasteiger partial charge is 0.0733 e. The number of hydrogen-bond donors (Lipinski definition) is 0. The van der Waals surface area contributed by atoms with Crippen molar-refractivity contribution in [1.82, 2.24) is 0 Å². The molecular formula is C14H19N. The van der Waals surface area contributed by atoms with Crippen LogP contribution < -0.4 is 0 Å². The number of nitrogens with zero attached hydrogens (tertiary/aromatic N) is 1. The van der Waals surface area contributed by atoms with E-state index in [4.69, 9.17) is 0 Å². The largest absolute Gasteiger partial charge is 0.256 e. The number of allylic oxidation sites excluding steroid dienone is 6. The second kappa shape index (κ2) is 4.43. The van der Waals surface area contributed by atoms with Crippen LogP contribution in [-0.2, 0) is 0 Å². The first kappa shape index (κ1) is 11.7. The third-order valence-electron chi connectivity index (χ3n) is 2.28. The molecule has 0 aromatic rings. The normalized spacial score (nSPS) is 20.1. The fourth-order valence-electron chi connectivity index (χ4n) is 1.50. The highest BCUT2D eigenvalue weighted by Gasteiger charge is 2.23. The second-order valence-corrected chi connectivity index (χ2v) is 4.67. The van der Waals surface area contributed by atoms with Crippen molar-refractivity contribution in [2.75, 3.05) is 0 Å². The average molecular weight is 201 g/mol. The molecule has 15 heavy (non-hydrogen) atoms. The van der Waals surface area contributed by atoms with Crippen molar-refractivity contribution in [3.05, 3.63) is 48.2 Å². The molecule has 1 rings (SSSR count). The monoisotopic (exact) mass is 201 g/mol. The Morgan fingerprint density at radius 2 is 2.00 bits per heavy atom. The lowest BCUT2D eigenvalue weighted by molar-refractivity contribution is 0.524. The highest BCUT2D eigenvalue weighted by atomic mass is 14.7. The van der Waals surface area contributed by atoms with Crippen LogP contribution in [0.3, 0.4) is 0 Å². The number of aliphatic imine (C=N–C) groups is 1. The minimum Gasteiger partial charge on any atom is -0.256 e. The van der Waals surface area contributed by atoms with Gasteiger partial charge in [-0.3, -0.25) is 4.99 Å². The molecule has 0 bridgehead atoms. The van der Waals surface area contributed by atoms with Gasteiger partial charge in [0.2, 0.25) is 0 Å². The first-order valence-electron chi connectivity index (χ1n) is 5.24. The van der Waals surface area contributed by atoms with E-state index in [2.05, 4.69) is 38.4 Å². The molecule has 0 radical (unpaired) electrons. The van der Waals surface area contributed by atoms with Crippen molar-refractivity contribution in [3.8, 4) is 0 Å². The van der Waals surface area contributed by atoms with Gasteiger partial charge in [0.15, 0.2) is 0 Å². The van der Waals surface area contributed by atoms with Gasteiger partial charge in [-0.1, -0.05) is 51.7 Å². The van der Waals surface area contributed by atoms with Crippen LogP contribution in [0.15, 0.2) is 53.2 Å². The van der Waals surface area contributed by atoms with E-state index < -0.39 is 0 Å². The van der Waals surface area contributed by atoms with E-state index in [1.807, 2.05) is 31.4 Å². The summed E-state index contributed by atoms with van der Waals surface area (Å²) < 4.78 is 0. The van der Waals surface area contributed by atoms with Gasteiger partial charge in [-0.2, -0.15) is 0 Å². The predicted octanol–water partition coefficient (Wildman–Crippen LogP) is 4.06. The van der Waals surface area contributed by atoms with Crippen LogP contribution in [0.2, 0.25) is 0 Å². The Bertz CT molecular complexity index is 371. The van der Waals surface area contributed by atoms with Crippen LogP contribution in [0.1, 0.15) is 27.7 Å². The lowest BCUT2D eigenvalue weighted by Gasteiger charge is -2.26. The Morgan fingerprint density at radius 1 is 1.33 bits per heavy atom. The lowest BCUT2D eigenvalue weighted by atomic mass is 9.79. The van der Waals surface area contributed by atoms with E-state index in [9.17, 15) is 0 Å². The molecule has 0 saturated heterocycles. The lowest BCUT2D eigenvalue weighted by Crippen LogP contribution is -2.20. The number of hydrogen-bond acceptors (Lipinski definition) is 1. The summed E-state index contributed by atoms with van der Waals surface area (Å²) in [6.07, 6.45) is 9.91. The summed E-state index contributed by atoms with van der Waals surface area (Å²) in [5, 5.41) is 0. The van der Waals surface area contributed by atoms with Crippen molar-refractivity contribution < 1.29 is 0 Å². The molecule has 0 amide bonds. The van der Waals surface area contributed by atoms with Gasteiger partial charge in [-0.05, 0) is 23.5 Å². The maximum Gasteiger partial charge on any atom is 0.0733 e. The zero-order valence-electron chi connectivity index (χ0n) is 10.0. The Morgan fingerprint density at radius 3 is 2.53 bits per heavy atom. The molecule has 1 aliphatic carbocycles. The van der Waals surface area contributed by atoms with Crippen LogP contribution in [0.5, 0.6) is 0 Å². The first-order chi connectivity index (χ1) is 6.96. The summed E-state index contributed by atoms with van der Waals surface area (Å²) in [6.45, 7) is 12.6. The molecule has 0 saturated carbocycles. The third kappa shape index (κ3) is 2.79. The van der Waals surface area contributed by atoms with Crippen molar-refractivity contribution >= 4 is 5.71 Å². The van der Waals surface area contributed by atoms with Crippen LogP contribution in [-0.4, -0.2) is 5.71 Å². The summed E-state index contributed by atoms with van der Waals surface area (Å²) in [5.74, 6) is 0. The zero-order valence-corrected chi connectivity index (χ0v) is 10.0. The van der Waals surface area contributed by atoms with Crippen molar-refractivity contribution in [1.29, 1.82) is 0 Å². The van der Waals surface area contributed by atoms with Gasteiger partial charge >= 0.3 is 0 Å². The van der Waals surface area contributed by atoms with Gasteiger partial charge in [-0.15, -0.1) is 0 Å². The molecule has 0 aromatic heterocycles. The van der Waals surface area contributed by atoms with E-state index in [-0.39, 0.29) is 5.41 Å². The molecule has 80 valence electrons. The van der Waals surface area contributed by atoms with Crippen molar-refractivity contribution in [2.45, 2.75) is 27.7 Å². The predicted molar refractivity (Wildman–Crippen MR) is 68.1 cm³/mol. The summed E-state index contributed by atoms with van der Waals surface area (Å²) >= 11 is 0. The van der Waals surface area contributed by atoms with Gasteiger partial charge in [-0.25, -0.2) is 0 Å². The quantitative estimate of drug-likeness (QED) is 0.606. The third-order valence-corrected chi connectivity index (χ3v) is 2.28. The van der Waals surface area contributed by atoms with Gasteiger partial charge in [0.25, 0.3) is 0 Å². The molecule has 0 N–H and O–H groups in total. The maximum atomic E-state index is 4.45. The molecule has 0 heterocycles. The van der Waals surface area contributed by atoms with Gasteiger partial charge < -0.3 is 0 Å². The van der Waals surface area contributed by atoms with E-state index >= 15 is 0 Å². The minimum atomic E-state index is 0.105. The zero-order chi connectivity index (χ0) is 11.5. The molecule has 0 fully saturated rings. The molecule has 0 atom stereocenters.